The van der Waals surface area contributed by atoms with Gasteiger partial charge >= 0.3 is 0 Å². The van der Waals surface area contributed by atoms with Crippen molar-refractivity contribution in [3.63, 3.8) is 0 Å². The standard InChI is InChI=1S/C4H6Br/c1-2-3-4-5/h1-2H,3-4H2. The van der Waals surface area contributed by atoms with Crippen molar-refractivity contribution in [1.29, 1.82) is 0 Å². The third-order valence-corrected chi connectivity index (χ3v) is 0.734. The van der Waals surface area contributed by atoms with Crippen LogP contribution in [0.1, 0.15) is 6.42 Å². The van der Waals surface area contributed by atoms with E-state index in [0.29, 0.717) is 0 Å². The Kier molecular flexibility index (Phi) is 4.41. The van der Waals surface area contributed by atoms with E-state index in [0.717, 1.165) is 11.8 Å². The smallest absolute Gasteiger partial charge is 0.00660 e. The van der Waals surface area contributed by atoms with Crippen LogP contribution in [0.15, 0.2) is 6.08 Å². The van der Waals surface area contributed by atoms with Gasteiger partial charge in [0.15, 0.2) is 0 Å². The summed E-state index contributed by atoms with van der Waals surface area (Å²) in [5, 5.41) is 0.976. The summed E-state index contributed by atoms with van der Waals surface area (Å²) < 4.78 is 0. The Morgan fingerprint density at radius 3 is 2.40 bits per heavy atom. The minimum Gasteiger partial charge on any atom is -0.0925 e. The highest BCUT2D eigenvalue weighted by molar-refractivity contribution is 9.09. The Labute approximate surface area is 41.0 Å². The molecule has 0 aliphatic heterocycles. The molecule has 0 rings (SSSR count). The zero-order valence-electron chi connectivity index (χ0n) is 2.95. The molecule has 0 saturated carbocycles. The maximum atomic E-state index is 4.98. The third-order valence-electron chi connectivity index (χ3n) is 0.276. The van der Waals surface area contributed by atoms with Crippen molar-refractivity contribution in [2.45, 2.75) is 6.42 Å². The molecule has 0 spiro atoms. The summed E-state index contributed by atoms with van der Waals surface area (Å²) >= 11 is 3.20. The predicted octanol–water partition coefficient (Wildman–Crippen LogP) is 1.76. The monoisotopic (exact) mass is 133 g/mol. The van der Waals surface area contributed by atoms with Gasteiger partial charge in [0.2, 0.25) is 0 Å². The summed E-state index contributed by atoms with van der Waals surface area (Å²) in [5.74, 6) is 0. The molecule has 0 aromatic rings. The molecule has 0 heterocycles. The molecule has 0 aliphatic rings. The first-order valence-corrected chi connectivity index (χ1v) is 2.63. The van der Waals surface area contributed by atoms with E-state index < -0.39 is 0 Å². The van der Waals surface area contributed by atoms with Gasteiger partial charge in [0.1, 0.15) is 0 Å². The molecule has 0 aromatic heterocycles. The Hall–Kier alpha value is 0.220. The van der Waals surface area contributed by atoms with Gasteiger partial charge in [-0.3, -0.25) is 0 Å². The number of hydrogen-bond donors (Lipinski definition) is 0. The minimum absolute atomic E-state index is 0.958. The molecular formula is C4H6Br. The molecule has 0 aromatic carbocycles. The third kappa shape index (κ3) is 4.22. The van der Waals surface area contributed by atoms with E-state index in [1.807, 2.05) is 0 Å². The topological polar surface area (TPSA) is 0 Å². The lowest BCUT2D eigenvalue weighted by atomic mass is 10.5. The van der Waals surface area contributed by atoms with Gasteiger partial charge in [-0.15, -0.1) is 0 Å². The fraction of sp³-hybridized carbons (Fsp3) is 0.500. The van der Waals surface area contributed by atoms with Crippen LogP contribution in [0.2, 0.25) is 0 Å². The molecule has 0 bridgehead atoms. The van der Waals surface area contributed by atoms with Crippen molar-refractivity contribution in [2.24, 2.45) is 0 Å². The number of alkyl halides is 1. The summed E-state index contributed by atoms with van der Waals surface area (Å²) in [6.07, 6.45) is 2.59. The number of allylic oxidation sites excluding steroid dienone is 1. The Bertz CT molecular complexity index is 24.8. The molecule has 0 nitrogen and oxygen atoms in total. The minimum atomic E-state index is 0.958. The second-order valence-corrected chi connectivity index (χ2v) is 1.51. The SMILES string of the molecule is [CH]=CCCBr. The van der Waals surface area contributed by atoms with Gasteiger partial charge in [0.25, 0.3) is 0 Å². The fourth-order valence-corrected chi connectivity index (χ4v) is 0.327. The Balaban J connectivity index is 2.40. The molecule has 0 unspecified atom stereocenters. The van der Waals surface area contributed by atoms with Crippen LogP contribution in [0.25, 0.3) is 0 Å². The molecule has 0 saturated heterocycles. The van der Waals surface area contributed by atoms with Crippen molar-refractivity contribution in [3.05, 3.63) is 12.7 Å². The van der Waals surface area contributed by atoms with E-state index in [4.69, 9.17) is 6.58 Å². The number of hydrogen-bond acceptors (Lipinski definition) is 0. The highest BCUT2D eigenvalue weighted by Crippen LogP contribution is 1.84. The van der Waals surface area contributed by atoms with Crippen molar-refractivity contribution in [2.75, 3.05) is 5.33 Å². The van der Waals surface area contributed by atoms with Gasteiger partial charge in [0.05, 0.1) is 0 Å². The molecule has 1 radical (unpaired) electrons. The largest absolute Gasteiger partial charge is 0.0925 e. The van der Waals surface area contributed by atoms with Crippen LogP contribution in [-0.4, -0.2) is 5.33 Å². The van der Waals surface area contributed by atoms with E-state index in [2.05, 4.69) is 15.9 Å². The number of rotatable bonds is 2. The van der Waals surface area contributed by atoms with Gasteiger partial charge in [-0.1, -0.05) is 28.6 Å². The van der Waals surface area contributed by atoms with E-state index in [1.165, 1.54) is 0 Å². The lowest BCUT2D eigenvalue weighted by molar-refractivity contribution is 1.27. The van der Waals surface area contributed by atoms with Gasteiger partial charge in [-0.25, -0.2) is 0 Å². The van der Waals surface area contributed by atoms with Crippen LogP contribution in [-0.2, 0) is 0 Å². The van der Waals surface area contributed by atoms with Crippen LogP contribution in [0.5, 0.6) is 0 Å². The van der Waals surface area contributed by atoms with Crippen LogP contribution in [0, 0.1) is 6.58 Å². The number of halogens is 1. The fourth-order valence-electron chi connectivity index (χ4n) is 0.0630. The quantitative estimate of drug-likeness (QED) is 0.504. The first-order chi connectivity index (χ1) is 2.41. The summed E-state index contributed by atoms with van der Waals surface area (Å²) in [6, 6.07) is 0. The van der Waals surface area contributed by atoms with Gasteiger partial charge in [-0.05, 0) is 6.42 Å². The van der Waals surface area contributed by atoms with Crippen molar-refractivity contribution >= 4 is 15.9 Å². The van der Waals surface area contributed by atoms with E-state index in [9.17, 15) is 0 Å². The zero-order valence-corrected chi connectivity index (χ0v) is 4.53. The van der Waals surface area contributed by atoms with Gasteiger partial charge in [0, 0.05) is 5.33 Å². The normalized spacial score (nSPS) is 7.40. The predicted molar refractivity (Wildman–Crippen MR) is 27.3 cm³/mol. The highest BCUT2D eigenvalue weighted by atomic mass is 79.9. The van der Waals surface area contributed by atoms with E-state index in [1.54, 1.807) is 6.08 Å². The van der Waals surface area contributed by atoms with Crippen LogP contribution in [0.3, 0.4) is 0 Å². The highest BCUT2D eigenvalue weighted by Gasteiger charge is 1.63. The van der Waals surface area contributed by atoms with Crippen LogP contribution < -0.4 is 0 Å². The van der Waals surface area contributed by atoms with Crippen LogP contribution >= 0.6 is 15.9 Å². The lowest BCUT2D eigenvalue weighted by Gasteiger charge is -1.70. The molecule has 0 N–H and O–H groups in total. The molecule has 0 atom stereocenters. The first-order valence-electron chi connectivity index (χ1n) is 1.51. The molecule has 0 fully saturated rings. The first kappa shape index (κ1) is 5.22. The maximum Gasteiger partial charge on any atom is 0.00660 e. The van der Waals surface area contributed by atoms with Crippen molar-refractivity contribution < 1.29 is 0 Å². The van der Waals surface area contributed by atoms with Gasteiger partial charge in [-0.2, -0.15) is 0 Å². The van der Waals surface area contributed by atoms with Crippen molar-refractivity contribution in [3.8, 4) is 0 Å². The molecular weight excluding hydrogens is 128 g/mol. The van der Waals surface area contributed by atoms with Gasteiger partial charge < -0.3 is 0 Å². The lowest BCUT2D eigenvalue weighted by Crippen LogP contribution is -1.58. The van der Waals surface area contributed by atoms with Crippen LogP contribution in [0.4, 0.5) is 0 Å². The Morgan fingerprint density at radius 2 is 2.40 bits per heavy atom. The maximum absolute atomic E-state index is 4.98. The molecule has 29 valence electrons. The summed E-state index contributed by atoms with van der Waals surface area (Å²) in [6.45, 7) is 4.98. The second kappa shape index (κ2) is 4.22. The second-order valence-electron chi connectivity index (χ2n) is 0.713. The van der Waals surface area contributed by atoms with Crippen molar-refractivity contribution in [1.82, 2.24) is 0 Å². The summed E-state index contributed by atoms with van der Waals surface area (Å²) in [5.41, 5.74) is 0. The Morgan fingerprint density at radius 1 is 1.80 bits per heavy atom. The molecule has 0 amide bonds. The van der Waals surface area contributed by atoms with E-state index >= 15 is 0 Å². The zero-order chi connectivity index (χ0) is 4.12. The average Bonchev–Trinajstić information content (AvgIpc) is 1.41. The average molecular weight is 134 g/mol. The summed E-state index contributed by atoms with van der Waals surface area (Å²) in [4.78, 5) is 0. The van der Waals surface area contributed by atoms with E-state index in [-0.39, 0.29) is 0 Å². The summed E-state index contributed by atoms with van der Waals surface area (Å²) in [7, 11) is 0. The molecule has 1 heteroatoms. The molecule has 5 heavy (non-hydrogen) atoms. The molecule has 0 aliphatic carbocycles.